The summed E-state index contributed by atoms with van der Waals surface area (Å²) in [6, 6.07) is 18.1. The molecule has 5 nitrogen and oxygen atoms in total. The lowest BCUT2D eigenvalue weighted by Gasteiger charge is -2.08. The maximum absolute atomic E-state index is 12.7. The molecule has 2 aromatic carbocycles. The highest BCUT2D eigenvalue weighted by Gasteiger charge is 2.17. The normalized spacial score (nSPS) is 11.2. The third-order valence-electron chi connectivity index (χ3n) is 4.77. The average molecular weight is 358 g/mol. The molecule has 3 N–H and O–H groups in total. The fourth-order valence-electron chi connectivity index (χ4n) is 3.38. The van der Waals surface area contributed by atoms with Crippen LogP contribution in [-0.4, -0.2) is 36.0 Å². The van der Waals surface area contributed by atoms with Crippen molar-refractivity contribution in [1.29, 1.82) is 0 Å². The SMILES string of the molecule is CNCCNC(=O)c1cc2c([nH]c3c(C)cccc32)c(-c2ccccc2)n1. The predicted octanol–water partition coefficient (Wildman–Crippen LogP) is 3.64. The smallest absolute Gasteiger partial charge is 0.269 e. The van der Waals surface area contributed by atoms with Crippen molar-refractivity contribution in [3.05, 3.63) is 65.9 Å². The largest absolute Gasteiger partial charge is 0.353 e. The van der Waals surface area contributed by atoms with Gasteiger partial charge >= 0.3 is 0 Å². The van der Waals surface area contributed by atoms with Crippen LogP contribution in [0.25, 0.3) is 33.1 Å². The van der Waals surface area contributed by atoms with Crippen molar-refractivity contribution in [2.24, 2.45) is 0 Å². The van der Waals surface area contributed by atoms with Crippen molar-refractivity contribution in [1.82, 2.24) is 20.6 Å². The fraction of sp³-hybridized carbons (Fsp3) is 0.182. The van der Waals surface area contributed by atoms with Gasteiger partial charge in [-0.25, -0.2) is 4.98 Å². The molecule has 136 valence electrons. The van der Waals surface area contributed by atoms with Gasteiger partial charge in [0, 0.05) is 34.9 Å². The molecule has 2 heterocycles. The van der Waals surface area contributed by atoms with E-state index >= 15 is 0 Å². The molecule has 0 atom stereocenters. The van der Waals surface area contributed by atoms with Crippen LogP contribution in [0, 0.1) is 6.92 Å². The molecule has 0 aliphatic rings. The highest BCUT2D eigenvalue weighted by molar-refractivity contribution is 6.13. The quantitative estimate of drug-likeness (QED) is 0.477. The number of fused-ring (bicyclic) bond motifs is 3. The monoisotopic (exact) mass is 358 g/mol. The van der Waals surface area contributed by atoms with Crippen LogP contribution in [0.3, 0.4) is 0 Å². The zero-order valence-corrected chi connectivity index (χ0v) is 15.5. The number of hydrogen-bond acceptors (Lipinski definition) is 3. The Balaban J connectivity index is 1.94. The molecule has 1 amide bonds. The van der Waals surface area contributed by atoms with Gasteiger partial charge in [-0.1, -0.05) is 48.5 Å². The first kappa shape index (κ1) is 17.2. The molecule has 0 aliphatic heterocycles. The zero-order valence-electron chi connectivity index (χ0n) is 15.5. The van der Waals surface area contributed by atoms with Crippen molar-refractivity contribution < 1.29 is 4.79 Å². The van der Waals surface area contributed by atoms with Crippen LogP contribution in [0.2, 0.25) is 0 Å². The number of H-pyrrole nitrogens is 1. The minimum Gasteiger partial charge on any atom is -0.353 e. The number of aryl methyl sites for hydroxylation is 1. The van der Waals surface area contributed by atoms with E-state index in [4.69, 9.17) is 4.98 Å². The summed E-state index contributed by atoms with van der Waals surface area (Å²) in [5.74, 6) is -0.161. The molecule has 2 aromatic heterocycles. The van der Waals surface area contributed by atoms with Gasteiger partial charge in [0.2, 0.25) is 0 Å². The fourth-order valence-corrected chi connectivity index (χ4v) is 3.38. The topological polar surface area (TPSA) is 69.8 Å². The Morgan fingerprint density at radius 3 is 2.59 bits per heavy atom. The Kier molecular flexibility index (Phi) is 4.60. The molecule has 0 aliphatic carbocycles. The minimum atomic E-state index is -0.161. The summed E-state index contributed by atoms with van der Waals surface area (Å²) >= 11 is 0. The second-order valence-corrected chi connectivity index (χ2v) is 6.63. The van der Waals surface area contributed by atoms with Crippen LogP contribution >= 0.6 is 0 Å². The van der Waals surface area contributed by atoms with Gasteiger partial charge in [0.25, 0.3) is 5.91 Å². The highest BCUT2D eigenvalue weighted by Crippen LogP contribution is 2.33. The summed E-state index contributed by atoms with van der Waals surface area (Å²) < 4.78 is 0. The second-order valence-electron chi connectivity index (χ2n) is 6.63. The number of pyridine rings is 1. The maximum atomic E-state index is 12.7. The number of carbonyl (C=O) groups is 1. The first-order chi connectivity index (χ1) is 13.2. The molecule has 0 saturated carbocycles. The number of amides is 1. The molecule has 0 fully saturated rings. The van der Waals surface area contributed by atoms with E-state index in [0.717, 1.165) is 33.1 Å². The van der Waals surface area contributed by atoms with E-state index < -0.39 is 0 Å². The van der Waals surface area contributed by atoms with Crippen LogP contribution < -0.4 is 10.6 Å². The van der Waals surface area contributed by atoms with Gasteiger partial charge in [-0.3, -0.25) is 4.79 Å². The van der Waals surface area contributed by atoms with Gasteiger partial charge in [0.05, 0.1) is 11.2 Å². The molecule has 0 bridgehead atoms. The summed E-state index contributed by atoms with van der Waals surface area (Å²) in [5.41, 5.74) is 5.41. The number of aromatic nitrogens is 2. The van der Waals surface area contributed by atoms with Crippen LogP contribution in [-0.2, 0) is 0 Å². The first-order valence-corrected chi connectivity index (χ1v) is 9.09. The Morgan fingerprint density at radius 2 is 1.81 bits per heavy atom. The molecule has 0 spiro atoms. The summed E-state index contributed by atoms with van der Waals surface area (Å²) in [6.07, 6.45) is 0. The van der Waals surface area contributed by atoms with E-state index in [9.17, 15) is 4.79 Å². The van der Waals surface area contributed by atoms with Gasteiger partial charge in [0.15, 0.2) is 0 Å². The molecule has 5 heteroatoms. The summed E-state index contributed by atoms with van der Waals surface area (Å²) in [5, 5.41) is 8.07. The lowest BCUT2D eigenvalue weighted by atomic mass is 10.1. The number of rotatable bonds is 5. The van der Waals surface area contributed by atoms with E-state index in [2.05, 4.69) is 34.7 Å². The molecule has 4 aromatic rings. The third-order valence-corrected chi connectivity index (χ3v) is 4.77. The lowest BCUT2D eigenvalue weighted by molar-refractivity contribution is 0.0949. The number of aromatic amines is 1. The van der Waals surface area contributed by atoms with Crippen LogP contribution in [0.4, 0.5) is 0 Å². The standard InChI is InChI=1S/C22H22N4O/c1-14-7-6-10-16-17-13-18(22(27)24-12-11-23-2)25-20(21(17)26-19(14)16)15-8-4-3-5-9-15/h3-10,13,23,26H,11-12H2,1-2H3,(H,24,27). The van der Waals surface area contributed by atoms with Gasteiger partial charge in [0.1, 0.15) is 5.69 Å². The Bertz CT molecular complexity index is 1120. The van der Waals surface area contributed by atoms with Crippen molar-refractivity contribution in [2.45, 2.75) is 6.92 Å². The van der Waals surface area contributed by atoms with Gasteiger partial charge < -0.3 is 15.6 Å². The maximum Gasteiger partial charge on any atom is 0.269 e. The highest BCUT2D eigenvalue weighted by atomic mass is 16.1. The number of likely N-dealkylation sites (N-methyl/N-ethyl adjacent to an activating group) is 1. The summed E-state index contributed by atoms with van der Waals surface area (Å²) in [7, 11) is 1.86. The van der Waals surface area contributed by atoms with Gasteiger partial charge in [-0.05, 0) is 25.6 Å². The number of hydrogen-bond donors (Lipinski definition) is 3. The third kappa shape index (κ3) is 3.17. The minimum absolute atomic E-state index is 0.161. The second kappa shape index (κ2) is 7.21. The van der Waals surface area contributed by atoms with Gasteiger partial charge in [-0.15, -0.1) is 0 Å². The first-order valence-electron chi connectivity index (χ1n) is 9.09. The molecule has 4 rings (SSSR count). The molecule has 27 heavy (non-hydrogen) atoms. The number of nitrogens with zero attached hydrogens (tertiary/aromatic N) is 1. The molecule has 0 unspecified atom stereocenters. The Morgan fingerprint density at radius 1 is 1.00 bits per heavy atom. The van der Waals surface area contributed by atoms with E-state index in [1.54, 1.807) is 0 Å². The molecular weight excluding hydrogens is 336 g/mol. The number of para-hydroxylation sites is 1. The molecule has 0 saturated heterocycles. The number of carbonyl (C=O) groups excluding carboxylic acids is 1. The lowest BCUT2D eigenvalue weighted by Crippen LogP contribution is -2.31. The van der Waals surface area contributed by atoms with Gasteiger partial charge in [-0.2, -0.15) is 0 Å². The van der Waals surface area contributed by atoms with Crippen molar-refractivity contribution in [3.8, 4) is 11.3 Å². The van der Waals surface area contributed by atoms with E-state index in [-0.39, 0.29) is 5.91 Å². The van der Waals surface area contributed by atoms with E-state index in [1.807, 2.05) is 49.5 Å². The summed E-state index contributed by atoms with van der Waals surface area (Å²) in [4.78, 5) is 20.9. The van der Waals surface area contributed by atoms with Crippen LogP contribution in [0.15, 0.2) is 54.6 Å². The van der Waals surface area contributed by atoms with E-state index in [0.29, 0.717) is 18.8 Å². The van der Waals surface area contributed by atoms with Crippen molar-refractivity contribution in [3.63, 3.8) is 0 Å². The number of benzene rings is 2. The molecule has 0 radical (unpaired) electrons. The van der Waals surface area contributed by atoms with E-state index in [1.165, 1.54) is 5.56 Å². The van der Waals surface area contributed by atoms with Crippen LogP contribution in [0.5, 0.6) is 0 Å². The average Bonchev–Trinajstić information content (AvgIpc) is 3.08. The van der Waals surface area contributed by atoms with Crippen molar-refractivity contribution >= 4 is 27.7 Å². The molecular formula is C22H22N4O. The Hall–Kier alpha value is -3.18. The summed E-state index contributed by atoms with van der Waals surface area (Å²) in [6.45, 7) is 3.35. The van der Waals surface area contributed by atoms with Crippen LogP contribution in [0.1, 0.15) is 16.1 Å². The van der Waals surface area contributed by atoms with Crippen molar-refractivity contribution in [2.75, 3.05) is 20.1 Å². The zero-order chi connectivity index (χ0) is 18.8. The Labute approximate surface area is 157 Å². The number of nitrogens with one attached hydrogen (secondary N) is 3. The predicted molar refractivity (Wildman–Crippen MR) is 110 cm³/mol.